The van der Waals surface area contributed by atoms with E-state index >= 15 is 0 Å². The molecule has 30 heavy (non-hydrogen) atoms. The van der Waals surface area contributed by atoms with Crippen molar-refractivity contribution in [2.75, 3.05) is 20.2 Å². The maximum Gasteiger partial charge on any atom is 0.407 e. The molecule has 0 bridgehead atoms. The first-order chi connectivity index (χ1) is 14.4. The number of benzene rings is 2. The number of carboxylic acid groups (broad SMARTS) is 1. The van der Waals surface area contributed by atoms with E-state index in [0.717, 1.165) is 27.2 Å². The Morgan fingerprint density at radius 1 is 1.13 bits per heavy atom. The molecule has 1 aliphatic carbocycles. The number of fused-ring (bicyclic) bond motifs is 3. The summed E-state index contributed by atoms with van der Waals surface area (Å²) in [7, 11) is 1.37. The maximum absolute atomic E-state index is 12.4. The Labute approximate surface area is 175 Å². The lowest BCUT2D eigenvalue weighted by Crippen LogP contribution is -2.48. The number of rotatable bonds is 8. The van der Waals surface area contributed by atoms with Crippen molar-refractivity contribution >= 4 is 18.0 Å². The highest BCUT2D eigenvalue weighted by Crippen LogP contribution is 2.44. The molecule has 3 rings (SSSR count). The third-order valence-corrected chi connectivity index (χ3v) is 5.08. The molecule has 7 heteroatoms. The molecule has 0 spiro atoms. The summed E-state index contributed by atoms with van der Waals surface area (Å²) >= 11 is 0. The molecule has 1 atom stereocenters. The molecule has 7 nitrogen and oxygen atoms in total. The van der Waals surface area contributed by atoms with Crippen LogP contribution in [0.25, 0.3) is 11.1 Å². The van der Waals surface area contributed by atoms with Crippen LogP contribution in [0.3, 0.4) is 0 Å². The highest BCUT2D eigenvalue weighted by atomic mass is 16.5. The number of alkyl carbamates (subject to hydrolysis) is 1. The van der Waals surface area contributed by atoms with Crippen LogP contribution in [-0.2, 0) is 14.3 Å². The van der Waals surface area contributed by atoms with Crippen molar-refractivity contribution in [2.45, 2.75) is 18.4 Å². The van der Waals surface area contributed by atoms with Crippen LogP contribution in [0, 0.1) is 0 Å². The van der Waals surface area contributed by atoms with E-state index in [1.165, 1.54) is 13.1 Å². The van der Waals surface area contributed by atoms with Crippen LogP contribution >= 0.6 is 0 Å². The zero-order valence-corrected chi connectivity index (χ0v) is 16.7. The summed E-state index contributed by atoms with van der Waals surface area (Å²) in [6, 6.07) is 15.1. The highest BCUT2D eigenvalue weighted by Gasteiger charge is 2.30. The number of carbonyl (C=O) groups is 3. The Bertz CT molecular complexity index is 926. The minimum absolute atomic E-state index is 0.0913. The summed E-state index contributed by atoms with van der Waals surface area (Å²) in [4.78, 5) is 36.7. The topological polar surface area (TPSA) is 95.9 Å². The van der Waals surface area contributed by atoms with E-state index in [4.69, 9.17) is 9.84 Å². The SMILES string of the molecule is C=CCC(NC(=O)OCC1c2ccccc2-c2ccccc21)C(=O)N(C)CC(=O)O. The number of nitrogens with one attached hydrogen (secondary N) is 1. The van der Waals surface area contributed by atoms with Crippen molar-refractivity contribution in [3.05, 3.63) is 72.3 Å². The van der Waals surface area contributed by atoms with Crippen molar-refractivity contribution < 1.29 is 24.2 Å². The second-order valence-electron chi connectivity index (χ2n) is 7.13. The third-order valence-electron chi connectivity index (χ3n) is 5.08. The van der Waals surface area contributed by atoms with Gasteiger partial charge in [-0.05, 0) is 28.7 Å². The molecule has 0 aliphatic heterocycles. The van der Waals surface area contributed by atoms with Crippen molar-refractivity contribution in [1.82, 2.24) is 10.2 Å². The molecular formula is C23H24N2O5. The number of hydrogen-bond acceptors (Lipinski definition) is 4. The van der Waals surface area contributed by atoms with Crippen LogP contribution < -0.4 is 5.32 Å². The number of hydrogen-bond donors (Lipinski definition) is 2. The summed E-state index contributed by atoms with van der Waals surface area (Å²) in [5, 5.41) is 11.4. The number of carboxylic acids is 1. The molecule has 0 heterocycles. The lowest BCUT2D eigenvalue weighted by Gasteiger charge is -2.23. The molecule has 0 fully saturated rings. The number of carbonyl (C=O) groups excluding carboxylic acids is 2. The fraction of sp³-hybridized carbons (Fsp3) is 0.261. The molecule has 1 aliphatic rings. The van der Waals surface area contributed by atoms with Crippen molar-refractivity contribution in [1.29, 1.82) is 0 Å². The molecule has 0 saturated carbocycles. The lowest BCUT2D eigenvalue weighted by atomic mass is 9.98. The van der Waals surface area contributed by atoms with Gasteiger partial charge in [-0.15, -0.1) is 6.58 Å². The Morgan fingerprint density at radius 2 is 1.70 bits per heavy atom. The van der Waals surface area contributed by atoms with Gasteiger partial charge in [0.05, 0.1) is 0 Å². The molecule has 2 amide bonds. The van der Waals surface area contributed by atoms with E-state index in [1.54, 1.807) is 0 Å². The van der Waals surface area contributed by atoms with Gasteiger partial charge in [0.15, 0.2) is 0 Å². The number of aliphatic carboxylic acids is 1. The third kappa shape index (κ3) is 4.51. The van der Waals surface area contributed by atoms with Crippen molar-refractivity contribution in [3.63, 3.8) is 0 Å². The van der Waals surface area contributed by atoms with E-state index in [9.17, 15) is 14.4 Å². The van der Waals surface area contributed by atoms with E-state index in [0.29, 0.717) is 0 Å². The second kappa shape index (κ2) is 9.26. The first kappa shape index (κ1) is 21.1. The van der Waals surface area contributed by atoms with Gasteiger partial charge in [0.1, 0.15) is 19.2 Å². The number of likely N-dealkylation sites (N-methyl/N-ethyl adjacent to an activating group) is 1. The molecule has 0 aromatic heterocycles. The van der Waals surface area contributed by atoms with Gasteiger partial charge in [0.25, 0.3) is 0 Å². The second-order valence-corrected chi connectivity index (χ2v) is 7.13. The van der Waals surface area contributed by atoms with Crippen LogP contribution in [0.2, 0.25) is 0 Å². The van der Waals surface area contributed by atoms with Gasteiger partial charge in [-0.25, -0.2) is 4.79 Å². The van der Waals surface area contributed by atoms with Crippen LogP contribution in [-0.4, -0.2) is 54.2 Å². The number of ether oxygens (including phenoxy) is 1. The molecule has 2 aromatic rings. The maximum atomic E-state index is 12.4. The first-order valence-corrected chi connectivity index (χ1v) is 9.61. The largest absolute Gasteiger partial charge is 0.480 e. The molecule has 0 radical (unpaired) electrons. The minimum Gasteiger partial charge on any atom is -0.480 e. The predicted molar refractivity (Wildman–Crippen MR) is 112 cm³/mol. The Hall–Kier alpha value is -3.61. The van der Waals surface area contributed by atoms with E-state index < -0.39 is 30.6 Å². The molecule has 1 unspecified atom stereocenters. The average Bonchev–Trinajstić information content (AvgIpc) is 3.05. The zero-order chi connectivity index (χ0) is 21.7. The van der Waals surface area contributed by atoms with Crippen LogP contribution in [0.1, 0.15) is 23.5 Å². The molecule has 2 N–H and O–H groups in total. The van der Waals surface area contributed by atoms with E-state index in [2.05, 4.69) is 11.9 Å². The summed E-state index contributed by atoms with van der Waals surface area (Å²) in [6.07, 6.45) is 0.911. The Morgan fingerprint density at radius 3 is 2.23 bits per heavy atom. The van der Waals surface area contributed by atoms with E-state index in [1.807, 2.05) is 48.5 Å². The van der Waals surface area contributed by atoms with Crippen molar-refractivity contribution in [2.24, 2.45) is 0 Å². The Balaban J connectivity index is 1.67. The highest BCUT2D eigenvalue weighted by molar-refractivity contribution is 5.88. The van der Waals surface area contributed by atoms with Gasteiger partial charge in [-0.1, -0.05) is 54.6 Å². The molecular weight excluding hydrogens is 384 g/mol. The van der Waals surface area contributed by atoms with Crippen LogP contribution in [0.15, 0.2) is 61.2 Å². The van der Waals surface area contributed by atoms with Gasteiger partial charge < -0.3 is 20.1 Å². The summed E-state index contributed by atoms with van der Waals surface area (Å²) in [6.45, 7) is 3.26. The molecule has 0 saturated heterocycles. The first-order valence-electron chi connectivity index (χ1n) is 9.61. The van der Waals surface area contributed by atoms with Crippen molar-refractivity contribution in [3.8, 4) is 11.1 Å². The lowest BCUT2D eigenvalue weighted by molar-refractivity contribution is -0.144. The Kier molecular flexibility index (Phi) is 6.51. The number of nitrogens with zero attached hydrogens (tertiary/aromatic N) is 1. The number of amides is 2. The van der Waals surface area contributed by atoms with Gasteiger partial charge in [0.2, 0.25) is 5.91 Å². The van der Waals surface area contributed by atoms with Crippen LogP contribution in [0.4, 0.5) is 4.79 Å². The van der Waals surface area contributed by atoms with Gasteiger partial charge in [0, 0.05) is 13.0 Å². The summed E-state index contributed by atoms with van der Waals surface area (Å²) < 4.78 is 5.46. The standard InChI is InChI=1S/C23H24N2O5/c1-3-8-20(22(28)25(2)13-21(26)27)24-23(29)30-14-19-17-11-6-4-9-15(17)16-10-5-7-12-18(16)19/h3-7,9-12,19-20H,1,8,13-14H2,2H3,(H,24,29)(H,26,27). The van der Waals surface area contributed by atoms with Crippen LogP contribution in [0.5, 0.6) is 0 Å². The zero-order valence-electron chi connectivity index (χ0n) is 16.7. The van der Waals surface area contributed by atoms with Gasteiger partial charge in [-0.3, -0.25) is 9.59 Å². The molecule has 2 aromatic carbocycles. The smallest absolute Gasteiger partial charge is 0.407 e. The predicted octanol–water partition coefficient (Wildman–Crippen LogP) is 3.01. The van der Waals surface area contributed by atoms with E-state index in [-0.39, 0.29) is 18.9 Å². The minimum atomic E-state index is -1.13. The molecule has 156 valence electrons. The normalized spacial score (nSPS) is 13.0. The van der Waals surface area contributed by atoms with Gasteiger partial charge >= 0.3 is 12.1 Å². The quantitative estimate of drug-likeness (QED) is 0.655. The fourth-order valence-corrected chi connectivity index (χ4v) is 3.72. The monoisotopic (exact) mass is 408 g/mol. The van der Waals surface area contributed by atoms with Gasteiger partial charge in [-0.2, -0.15) is 0 Å². The summed E-state index contributed by atoms with van der Waals surface area (Å²) in [5.74, 6) is -1.75. The summed E-state index contributed by atoms with van der Waals surface area (Å²) in [5.41, 5.74) is 4.42. The average molecular weight is 408 g/mol. The fourth-order valence-electron chi connectivity index (χ4n) is 3.72.